The van der Waals surface area contributed by atoms with Gasteiger partial charge in [0.05, 0.1) is 12.1 Å². The van der Waals surface area contributed by atoms with E-state index in [2.05, 4.69) is 5.32 Å². The Kier molecular flexibility index (Phi) is 6.11. The summed E-state index contributed by atoms with van der Waals surface area (Å²) in [5.74, 6) is -3.13. The molecule has 0 saturated heterocycles. The molecule has 0 unspecified atom stereocenters. The highest BCUT2D eigenvalue weighted by Gasteiger charge is 2.13. The Morgan fingerprint density at radius 2 is 1.83 bits per heavy atom. The number of benzene rings is 2. The van der Waals surface area contributed by atoms with Crippen LogP contribution in [-0.2, 0) is 20.7 Å². The molecule has 0 radical (unpaired) electrons. The van der Waals surface area contributed by atoms with E-state index < -0.39 is 30.1 Å². The average molecular weight is 374 g/mol. The third-order valence-electron chi connectivity index (χ3n) is 2.92. The third kappa shape index (κ3) is 5.18. The van der Waals surface area contributed by atoms with Gasteiger partial charge in [0.25, 0.3) is 5.91 Å². The number of nitrogens with one attached hydrogen (secondary N) is 1. The first kappa shape index (κ1) is 18.2. The summed E-state index contributed by atoms with van der Waals surface area (Å²) in [6.45, 7) is -0.610. The van der Waals surface area contributed by atoms with E-state index in [-0.39, 0.29) is 12.1 Å². The summed E-state index contributed by atoms with van der Waals surface area (Å²) in [5, 5.41) is 2.91. The average Bonchev–Trinajstić information content (AvgIpc) is 2.51. The van der Waals surface area contributed by atoms with Crippen LogP contribution in [0, 0.1) is 11.6 Å². The van der Waals surface area contributed by atoms with Gasteiger partial charge in [0, 0.05) is 16.1 Å². The van der Waals surface area contributed by atoms with E-state index in [4.69, 9.17) is 27.9 Å². The van der Waals surface area contributed by atoms with E-state index in [1.54, 1.807) is 12.1 Å². The highest BCUT2D eigenvalue weighted by atomic mass is 35.5. The van der Waals surface area contributed by atoms with E-state index in [0.717, 1.165) is 12.1 Å². The van der Waals surface area contributed by atoms with Crippen LogP contribution in [-0.4, -0.2) is 18.5 Å². The summed E-state index contributed by atoms with van der Waals surface area (Å²) < 4.78 is 30.9. The first-order valence-corrected chi connectivity index (χ1v) is 7.45. The van der Waals surface area contributed by atoms with E-state index in [0.29, 0.717) is 21.7 Å². The summed E-state index contributed by atoms with van der Waals surface area (Å²) in [6.07, 6.45) is -0.145. The minimum absolute atomic E-state index is 0.145. The molecule has 8 heteroatoms. The third-order valence-corrected chi connectivity index (χ3v) is 3.51. The molecule has 0 heterocycles. The molecule has 0 saturated carbocycles. The lowest BCUT2D eigenvalue weighted by molar-refractivity contribution is -0.146. The number of anilines is 1. The Balaban J connectivity index is 1.85. The van der Waals surface area contributed by atoms with Crippen LogP contribution in [0.4, 0.5) is 14.5 Å². The molecular formula is C16H11Cl2F2NO3. The number of halogens is 4. The molecule has 4 nitrogen and oxygen atoms in total. The smallest absolute Gasteiger partial charge is 0.310 e. The Labute approximate surface area is 146 Å². The maximum absolute atomic E-state index is 13.4. The molecule has 1 N–H and O–H groups in total. The maximum Gasteiger partial charge on any atom is 0.310 e. The maximum atomic E-state index is 13.4. The molecule has 2 rings (SSSR count). The normalized spacial score (nSPS) is 10.3. The lowest BCUT2D eigenvalue weighted by Crippen LogP contribution is -2.22. The number of amides is 1. The lowest BCUT2D eigenvalue weighted by atomic mass is 10.1. The number of esters is 1. The van der Waals surface area contributed by atoms with Crippen molar-refractivity contribution in [1.82, 2.24) is 0 Å². The van der Waals surface area contributed by atoms with Gasteiger partial charge in [-0.05, 0) is 29.8 Å². The zero-order valence-electron chi connectivity index (χ0n) is 12.1. The molecule has 2 aromatic carbocycles. The van der Waals surface area contributed by atoms with Gasteiger partial charge in [0.15, 0.2) is 6.61 Å². The van der Waals surface area contributed by atoms with Gasteiger partial charge in [-0.2, -0.15) is 0 Å². The minimum atomic E-state index is -0.928. The van der Waals surface area contributed by atoms with Gasteiger partial charge in [-0.25, -0.2) is 8.78 Å². The molecule has 1 amide bonds. The second kappa shape index (κ2) is 8.08. The molecule has 0 aliphatic heterocycles. The lowest BCUT2D eigenvalue weighted by Gasteiger charge is -2.08. The second-order valence-corrected chi connectivity index (χ2v) is 5.59. The monoisotopic (exact) mass is 373 g/mol. The van der Waals surface area contributed by atoms with Crippen LogP contribution in [0.5, 0.6) is 0 Å². The Bertz CT molecular complexity index is 718. The van der Waals surface area contributed by atoms with Crippen molar-refractivity contribution in [2.75, 3.05) is 11.9 Å². The van der Waals surface area contributed by atoms with Crippen molar-refractivity contribution in [1.29, 1.82) is 0 Å². The standard InChI is InChI=1S/C16H11Cl2F2NO3/c17-10-2-1-9(12(18)6-10)5-16(23)24-8-15(22)21-14-4-3-11(19)7-13(14)20/h1-4,6-7H,5,8H2,(H,21,22). The van der Waals surface area contributed by atoms with Gasteiger partial charge in [0.2, 0.25) is 0 Å². The van der Waals surface area contributed by atoms with Crippen LogP contribution in [0.1, 0.15) is 5.56 Å². The van der Waals surface area contributed by atoms with Crippen LogP contribution in [0.2, 0.25) is 10.0 Å². The van der Waals surface area contributed by atoms with Crippen molar-refractivity contribution in [3.8, 4) is 0 Å². The molecule has 0 bridgehead atoms. The molecule has 0 aliphatic rings. The summed E-state index contributed by atoms with van der Waals surface area (Å²) in [5.41, 5.74) is 0.286. The summed E-state index contributed by atoms with van der Waals surface area (Å²) >= 11 is 11.7. The molecule has 24 heavy (non-hydrogen) atoms. The van der Waals surface area contributed by atoms with Crippen LogP contribution in [0.3, 0.4) is 0 Å². The van der Waals surface area contributed by atoms with Gasteiger partial charge in [-0.1, -0.05) is 29.3 Å². The van der Waals surface area contributed by atoms with Crippen LogP contribution < -0.4 is 5.32 Å². The number of rotatable bonds is 5. The van der Waals surface area contributed by atoms with E-state index >= 15 is 0 Å². The zero-order valence-corrected chi connectivity index (χ0v) is 13.6. The van der Waals surface area contributed by atoms with Crippen molar-refractivity contribution in [3.05, 3.63) is 63.6 Å². The molecule has 0 aromatic heterocycles. The fraction of sp³-hybridized carbons (Fsp3) is 0.125. The van der Waals surface area contributed by atoms with Gasteiger partial charge in [-0.3, -0.25) is 9.59 Å². The number of carbonyl (C=O) groups is 2. The topological polar surface area (TPSA) is 55.4 Å². The SMILES string of the molecule is O=C(COC(=O)Cc1ccc(Cl)cc1Cl)Nc1ccc(F)cc1F. The summed E-state index contributed by atoms with van der Waals surface area (Å²) in [7, 11) is 0. The van der Waals surface area contributed by atoms with E-state index in [9.17, 15) is 18.4 Å². The van der Waals surface area contributed by atoms with Crippen molar-refractivity contribution >= 4 is 40.8 Å². The summed E-state index contributed by atoms with van der Waals surface area (Å²) in [6, 6.07) is 7.31. The molecule has 0 fully saturated rings. The first-order valence-electron chi connectivity index (χ1n) is 6.69. The number of ether oxygens (including phenoxy) is 1. The largest absolute Gasteiger partial charge is 0.455 e. The molecular weight excluding hydrogens is 363 g/mol. The van der Waals surface area contributed by atoms with Crippen molar-refractivity contribution in [3.63, 3.8) is 0 Å². The second-order valence-electron chi connectivity index (χ2n) is 4.75. The fourth-order valence-corrected chi connectivity index (χ4v) is 2.27. The van der Waals surface area contributed by atoms with Gasteiger partial charge >= 0.3 is 5.97 Å². The number of hydrogen-bond donors (Lipinski definition) is 1. The van der Waals surface area contributed by atoms with E-state index in [1.807, 2.05) is 0 Å². The Hall–Kier alpha value is -2.18. The zero-order chi connectivity index (χ0) is 17.7. The van der Waals surface area contributed by atoms with Gasteiger partial charge < -0.3 is 10.1 Å². The predicted molar refractivity (Wildman–Crippen MR) is 86.1 cm³/mol. The van der Waals surface area contributed by atoms with Crippen LogP contribution in [0.25, 0.3) is 0 Å². The molecule has 126 valence electrons. The van der Waals surface area contributed by atoms with Gasteiger partial charge in [-0.15, -0.1) is 0 Å². The number of hydrogen-bond acceptors (Lipinski definition) is 3. The van der Waals surface area contributed by atoms with Crippen molar-refractivity contribution < 1.29 is 23.1 Å². The molecule has 2 aromatic rings. The van der Waals surface area contributed by atoms with Crippen molar-refractivity contribution in [2.24, 2.45) is 0 Å². The highest BCUT2D eigenvalue weighted by molar-refractivity contribution is 6.35. The predicted octanol–water partition coefficient (Wildman–Crippen LogP) is 4.00. The van der Waals surface area contributed by atoms with Gasteiger partial charge in [0.1, 0.15) is 11.6 Å². The van der Waals surface area contributed by atoms with Crippen molar-refractivity contribution in [2.45, 2.75) is 6.42 Å². The Morgan fingerprint density at radius 1 is 1.08 bits per heavy atom. The molecule has 0 atom stereocenters. The fourth-order valence-electron chi connectivity index (χ4n) is 1.79. The van der Waals surface area contributed by atoms with Crippen LogP contribution >= 0.6 is 23.2 Å². The highest BCUT2D eigenvalue weighted by Crippen LogP contribution is 2.21. The quantitative estimate of drug-likeness (QED) is 0.806. The Morgan fingerprint density at radius 3 is 2.50 bits per heavy atom. The summed E-state index contributed by atoms with van der Waals surface area (Å²) in [4.78, 5) is 23.3. The number of carbonyl (C=O) groups excluding carboxylic acids is 2. The minimum Gasteiger partial charge on any atom is -0.455 e. The van der Waals surface area contributed by atoms with Crippen LogP contribution in [0.15, 0.2) is 36.4 Å². The first-order chi connectivity index (χ1) is 11.3. The molecule has 0 aliphatic carbocycles. The molecule has 0 spiro atoms. The van der Waals surface area contributed by atoms with E-state index in [1.165, 1.54) is 6.07 Å².